The highest BCUT2D eigenvalue weighted by Crippen LogP contribution is 2.25. The number of nitrogens with zero attached hydrogens (tertiary/aromatic N) is 1. The normalized spacial score (nSPS) is 17.4. The largest absolute Gasteiger partial charge is 0.325 e. The van der Waals surface area contributed by atoms with Gasteiger partial charge < -0.3 is 4.57 Å². The van der Waals surface area contributed by atoms with E-state index in [0.717, 1.165) is 12.5 Å². The quantitative estimate of drug-likeness (QED) is 0.759. The molecule has 0 unspecified atom stereocenters. The van der Waals surface area contributed by atoms with Gasteiger partial charge in [0.2, 0.25) is 0 Å². The molecule has 1 fully saturated rings. The number of aromatic amines is 1. The van der Waals surface area contributed by atoms with Crippen LogP contribution in [0.15, 0.2) is 17.1 Å². The second-order valence-corrected chi connectivity index (χ2v) is 4.30. The molecule has 0 atom stereocenters. The number of H-pyrrole nitrogens is 1. The van der Waals surface area contributed by atoms with Gasteiger partial charge in [0.25, 0.3) is 5.56 Å². The Morgan fingerprint density at radius 2 is 2.21 bits per heavy atom. The zero-order valence-corrected chi connectivity index (χ0v) is 8.85. The molecule has 0 saturated heterocycles. The van der Waals surface area contributed by atoms with E-state index in [2.05, 4.69) is 4.98 Å². The number of hydrogen-bond donors (Lipinski definition) is 1. The van der Waals surface area contributed by atoms with E-state index in [-0.39, 0.29) is 5.56 Å². The van der Waals surface area contributed by atoms with Crippen LogP contribution in [0, 0.1) is 10.7 Å². The molecule has 0 aromatic carbocycles. The van der Waals surface area contributed by atoms with Crippen molar-refractivity contribution in [2.45, 2.75) is 32.2 Å². The van der Waals surface area contributed by atoms with Gasteiger partial charge in [-0.2, -0.15) is 0 Å². The molecule has 0 spiro atoms. The van der Waals surface area contributed by atoms with Gasteiger partial charge in [-0.15, -0.1) is 0 Å². The molecular weight excluding hydrogens is 196 g/mol. The lowest BCUT2D eigenvalue weighted by atomic mass is 10.1. The lowest BCUT2D eigenvalue weighted by molar-refractivity contribution is 0.448. The standard InChI is InChI=1S/C10H14N2OS/c13-9-5-6-12(10(14)11-9)7-8-3-1-2-4-8/h5-6,8H,1-4,7H2,(H,11,13,14). The Balaban J connectivity index is 2.16. The minimum atomic E-state index is -0.113. The third-order valence-electron chi connectivity index (χ3n) is 2.83. The molecule has 1 aromatic heterocycles. The predicted molar refractivity (Wildman–Crippen MR) is 57.8 cm³/mol. The summed E-state index contributed by atoms with van der Waals surface area (Å²) in [5.41, 5.74) is -0.113. The van der Waals surface area contributed by atoms with Crippen LogP contribution in [0.2, 0.25) is 0 Å². The molecule has 0 bridgehead atoms. The van der Waals surface area contributed by atoms with Crippen LogP contribution in [0.5, 0.6) is 0 Å². The first kappa shape index (κ1) is 9.65. The van der Waals surface area contributed by atoms with E-state index < -0.39 is 0 Å². The molecule has 1 aliphatic rings. The van der Waals surface area contributed by atoms with Gasteiger partial charge in [0, 0.05) is 18.8 Å². The van der Waals surface area contributed by atoms with Crippen LogP contribution in [-0.4, -0.2) is 9.55 Å². The summed E-state index contributed by atoms with van der Waals surface area (Å²) in [5, 5.41) is 0. The van der Waals surface area contributed by atoms with Gasteiger partial charge in [-0.25, -0.2) is 0 Å². The summed E-state index contributed by atoms with van der Waals surface area (Å²) >= 11 is 5.08. The minimum Gasteiger partial charge on any atom is -0.325 e. The molecule has 2 rings (SSSR count). The van der Waals surface area contributed by atoms with E-state index in [1.807, 2.05) is 4.57 Å². The zero-order valence-electron chi connectivity index (χ0n) is 8.03. The average molecular weight is 210 g/mol. The van der Waals surface area contributed by atoms with Crippen molar-refractivity contribution >= 4 is 12.2 Å². The smallest absolute Gasteiger partial charge is 0.251 e. The van der Waals surface area contributed by atoms with Crippen LogP contribution in [-0.2, 0) is 6.54 Å². The second-order valence-electron chi connectivity index (χ2n) is 3.91. The predicted octanol–water partition coefficient (Wildman–Crippen LogP) is 2.10. The van der Waals surface area contributed by atoms with Crippen LogP contribution in [0.1, 0.15) is 25.7 Å². The number of aromatic nitrogens is 2. The van der Waals surface area contributed by atoms with Crippen molar-refractivity contribution in [3.05, 3.63) is 27.4 Å². The Labute approximate surface area is 87.8 Å². The van der Waals surface area contributed by atoms with Crippen molar-refractivity contribution in [1.29, 1.82) is 0 Å². The summed E-state index contributed by atoms with van der Waals surface area (Å²) in [6.07, 6.45) is 7.05. The fourth-order valence-electron chi connectivity index (χ4n) is 2.06. The molecule has 76 valence electrons. The minimum absolute atomic E-state index is 0.113. The Bertz CT molecular complexity index is 415. The van der Waals surface area contributed by atoms with E-state index >= 15 is 0 Å². The second kappa shape index (κ2) is 4.09. The van der Waals surface area contributed by atoms with Gasteiger partial charge in [-0.05, 0) is 31.0 Å². The Hall–Kier alpha value is -0.900. The van der Waals surface area contributed by atoms with Gasteiger partial charge in [0.1, 0.15) is 0 Å². The van der Waals surface area contributed by atoms with Crippen molar-refractivity contribution in [2.24, 2.45) is 5.92 Å². The average Bonchev–Trinajstić information content (AvgIpc) is 2.62. The molecule has 4 heteroatoms. The van der Waals surface area contributed by atoms with Crippen LogP contribution >= 0.6 is 12.2 Å². The van der Waals surface area contributed by atoms with Crippen molar-refractivity contribution in [2.75, 3.05) is 0 Å². The summed E-state index contributed by atoms with van der Waals surface area (Å²) < 4.78 is 2.51. The maximum absolute atomic E-state index is 10.9. The molecule has 14 heavy (non-hydrogen) atoms. The molecule has 0 aliphatic heterocycles. The zero-order chi connectivity index (χ0) is 9.97. The lowest BCUT2D eigenvalue weighted by Gasteiger charge is -2.11. The number of rotatable bonds is 2. The lowest BCUT2D eigenvalue weighted by Crippen LogP contribution is -2.14. The monoisotopic (exact) mass is 210 g/mol. The van der Waals surface area contributed by atoms with E-state index in [9.17, 15) is 4.79 Å². The molecule has 1 heterocycles. The van der Waals surface area contributed by atoms with Crippen molar-refractivity contribution < 1.29 is 0 Å². The van der Waals surface area contributed by atoms with Crippen molar-refractivity contribution in [3.8, 4) is 0 Å². The summed E-state index contributed by atoms with van der Waals surface area (Å²) in [6.45, 7) is 0.954. The fourth-order valence-corrected chi connectivity index (χ4v) is 2.30. The van der Waals surface area contributed by atoms with Crippen LogP contribution in [0.3, 0.4) is 0 Å². The molecule has 0 radical (unpaired) electrons. The van der Waals surface area contributed by atoms with Crippen LogP contribution < -0.4 is 5.56 Å². The first-order chi connectivity index (χ1) is 6.75. The Morgan fingerprint density at radius 3 is 2.86 bits per heavy atom. The highest BCUT2D eigenvalue weighted by molar-refractivity contribution is 7.71. The highest BCUT2D eigenvalue weighted by atomic mass is 32.1. The fraction of sp³-hybridized carbons (Fsp3) is 0.600. The van der Waals surface area contributed by atoms with Crippen molar-refractivity contribution in [1.82, 2.24) is 9.55 Å². The first-order valence-electron chi connectivity index (χ1n) is 5.05. The van der Waals surface area contributed by atoms with E-state index in [1.54, 1.807) is 6.20 Å². The maximum Gasteiger partial charge on any atom is 0.251 e. The van der Waals surface area contributed by atoms with Gasteiger partial charge in [-0.3, -0.25) is 9.78 Å². The summed E-state index contributed by atoms with van der Waals surface area (Å²) in [4.78, 5) is 13.6. The summed E-state index contributed by atoms with van der Waals surface area (Å²) in [6, 6.07) is 1.53. The van der Waals surface area contributed by atoms with Gasteiger partial charge in [-0.1, -0.05) is 12.8 Å². The molecule has 0 amide bonds. The molecule has 1 saturated carbocycles. The van der Waals surface area contributed by atoms with Gasteiger partial charge in [0.05, 0.1) is 0 Å². The topological polar surface area (TPSA) is 37.8 Å². The van der Waals surface area contributed by atoms with E-state index in [1.165, 1.54) is 31.7 Å². The molecular formula is C10H14N2OS. The molecule has 3 nitrogen and oxygen atoms in total. The van der Waals surface area contributed by atoms with E-state index in [0.29, 0.717) is 4.77 Å². The Morgan fingerprint density at radius 1 is 1.50 bits per heavy atom. The van der Waals surface area contributed by atoms with Crippen LogP contribution in [0.4, 0.5) is 0 Å². The number of hydrogen-bond acceptors (Lipinski definition) is 2. The Kier molecular flexibility index (Phi) is 2.82. The van der Waals surface area contributed by atoms with Crippen molar-refractivity contribution in [3.63, 3.8) is 0 Å². The maximum atomic E-state index is 10.9. The highest BCUT2D eigenvalue weighted by Gasteiger charge is 2.15. The molecule has 1 N–H and O–H groups in total. The molecule has 1 aromatic rings. The van der Waals surface area contributed by atoms with Gasteiger partial charge >= 0.3 is 0 Å². The van der Waals surface area contributed by atoms with Gasteiger partial charge in [0.15, 0.2) is 4.77 Å². The summed E-state index contributed by atoms with van der Waals surface area (Å²) in [7, 11) is 0. The van der Waals surface area contributed by atoms with Crippen LogP contribution in [0.25, 0.3) is 0 Å². The third-order valence-corrected chi connectivity index (χ3v) is 3.16. The SMILES string of the molecule is O=c1ccn(CC2CCCC2)c(=S)[nH]1. The summed E-state index contributed by atoms with van der Waals surface area (Å²) in [5.74, 6) is 0.743. The number of nitrogens with one attached hydrogen (secondary N) is 1. The van der Waals surface area contributed by atoms with E-state index in [4.69, 9.17) is 12.2 Å². The third kappa shape index (κ3) is 2.12. The molecule has 1 aliphatic carbocycles. The first-order valence-corrected chi connectivity index (χ1v) is 5.46.